The number of hydrogen-bond acceptors (Lipinski definition) is 5. The molecule has 7 rings (SSSR count). The summed E-state index contributed by atoms with van der Waals surface area (Å²) in [4.78, 5) is 29.1. The van der Waals surface area contributed by atoms with Gasteiger partial charge in [-0.15, -0.1) is 0 Å². The topological polar surface area (TPSA) is 64.0 Å². The number of fused-ring (bicyclic) bond motifs is 6. The summed E-state index contributed by atoms with van der Waals surface area (Å²) in [6, 6.07) is 29.2. The van der Waals surface area contributed by atoms with Gasteiger partial charge in [0.1, 0.15) is 25.1 Å². The first kappa shape index (κ1) is 23.6. The van der Waals surface area contributed by atoms with Gasteiger partial charge in [-0.1, -0.05) is 78.9 Å². The Morgan fingerprint density at radius 2 is 1.59 bits per heavy atom. The summed E-state index contributed by atoms with van der Waals surface area (Å²) in [6.45, 7) is 1.82. The van der Waals surface area contributed by atoms with Crippen LogP contribution in [0, 0.1) is 11.8 Å². The zero-order valence-corrected chi connectivity index (χ0v) is 21.5. The Morgan fingerprint density at radius 3 is 2.41 bits per heavy atom. The summed E-state index contributed by atoms with van der Waals surface area (Å²) >= 11 is 0. The van der Waals surface area contributed by atoms with Crippen LogP contribution in [0.3, 0.4) is 0 Å². The van der Waals surface area contributed by atoms with Crippen LogP contribution in [0.15, 0.2) is 102 Å². The van der Waals surface area contributed by atoms with Crippen molar-refractivity contribution in [3.63, 3.8) is 0 Å². The Bertz CT molecular complexity index is 1570. The van der Waals surface area contributed by atoms with E-state index < -0.39 is 0 Å². The van der Waals surface area contributed by atoms with Crippen molar-refractivity contribution in [3.8, 4) is 11.5 Å². The standard InChI is InChI=1S/C32H29N3O4/c36-27-15-16-34-30(31(27)39-19-22-9-3-1-4-10-22)32(37)33-18-24-17-25(24)20-38-28-14-8-7-13-26(28)29(35(34)21-33)23-11-5-2-6-12-23/h1-16,24-25,29H,17-21H2/t24-,25-,29-/m1/s1. The van der Waals surface area contributed by atoms with Gasteiger partial charge in [0, 0.05) is 24.4 Å². The minimum atomic E-state index is -0.305. The molecule has 1 aromatic heterocycles. The molecule has 3 aromatic carbocycles. The van der Waals surface area contributed by atoms with Crippen LogP contribution in [0.1, 0.15) is 39.6 Å². The van der Waals surface area contributed by atoms with E-state index in [1.165, 1.54) is 6.07 Å². The minimum Gasteiger partial charge on any atom is -0.493 e. The van der Waals surface area contributed by atoms with Crippen molar-refractivity contribution in [2.75, 3.05) is 24.8 Å². The summed E-state index contributed by atoms with van der Waals surface area (Å²) in [6.07, 6.45) is 2.72. The van der Waals surface area contributed by atoms with Crippen LogP contribution in [0.25, 0.3) is 0 Å². The van der Waals surface area contributed by atoms with E-state index in [0.29, 0.717) is 31.7 Å². The second-order valence-corrected chi connectivity index (χ2v) is 10.5. The molecule has 1 fully saturated rings. The zero-order chi connectivity index (χ0) is 26.3. The normalized spacial score (nSPS) is 21.5. The van der Waals surface area contributed by atoms with E-state index in [0.717, 1.165) is 28.9 Å². The lowest BCUT2D eigenvalue weighted by Crippen LogP contribution is -2.56. The minimum absolute atomic E-state index is 0.0830. The second kappa shape index (κ2) is 9.66. The summed E-state index contributed by atoms with van der Waals surface area (Å²) in [5, 5.41) is 2.14. The van der Waals surface area contributed by atoms with Crippen molar-refractivity contribution >= 4 is 5.91 Å². The molecule has 0 unspecified atom stereocenters. The van der Waals surface area contributed by atoms with Crippen molar-refractivity contribution in [2.24, 2.45) is 11.8 Å². The highest BCUT2D eigenvalue weighted by Crippen LogP contribution is 2.43. The van der Waals surface area contributed by atoms with E-state index in [1.54, 1.807) is 6.20 Å². The molecule has 7 heteroatoms. The van der Waals surface area contributed by atoms with E-state index in [2.05, 4.69) is 23.2 Å². The first-order valence-corrected chi connectivity index (χ1v) is 13.4. The Balaban J connectivity index is 1.41. The number of pyridine rings is 1. The predicted molar refractivity (Wildman–Crippen MR) is 147 cm³/mol. The van der Waals surface area contributed by atoms with Gasteiger partial charge in [-0.2, -0.15) is 0 Å². The van der Waals surface area contributed by atoms with Gasteiger partial charge in [-0.25, -0.2) is 0 Å². The lowest BCUT2D eigenvalue weighted by atomic mass is 9.97. The summed E-state index contributed by atoms with van der Waals surface area (Å²) < 4.78 is 14.3. The summed E-state index contributed by atoms with van der Waals surface area (Å²) in [5.41, 5.74) is 2.95. The van der Waals surface area contributed by atoms with Crippen LogP contribution in [-0.2, 0) is 6.61 Å². The molecule has 2 aliphatic heterocycles. The monoisotopic (exact) mass is 519 g/mol. The largest absolute Gasteiger partial charge is 0.493 e. The fourth-order valence-electron chi connectivity index (χ4n) is 5.79. The molecule has 4 aromatic rings. The lowest BCUT2D eigenvalue weighted by Gasteiger charge is -2.44. The van der Waals surface area contributed by atoms with Crippen LogP contribution in [0.4, 0.5) is 0 Å². The van der Waals surface area contributed by atoms with Crippen molar-refractivity contribution in [3.05, 3.63) is 130 Å². The van der Waals surface area contributed by atoms with Gasteiger partial charge in [0.25, 0.3) is 5.91 Å². The molecule has 0 saturated heterocycles. The molecule has 39 heavy (non-hydrogen) atoms. The Hall–Kier alpha value is -4.52. The SMILES string of the molecule is O=C1c2c(OCc3ccccc3)c(=O)ccn2N2CN1C[C@H]1C[C@@H]1COc1ccccc1[C@H]2c1ccccc1. The van der Waals surface area contributed by atoms with E-state index in [-0.39, 0.29) is 35.4 Å². The van der Waals surface area contributed by atoms with Gasteiger partial charge in [0.15, 0.2) is 11.4 Å². The molecule has 1 aliphatic carbocycles. The van der Waals surface area contributed by atoms with Gasteiger partial charge in [0.05, 0.1) is 6.61 Å². The first-order valence-electron chi connectivity index (χ1n) is 13.4. The number of carbonyl (C=O) groups is 1. The fraction of sp³-hybridized carbons (Fsp3) is 0.250. The maximum absolute atomic E-state index is 14.0. The number of para-hydroxylation sites is 1. The highest BCUT2D eigenvalue weighted by Gasteiger charge is 2.44. The lowest BCUT2D eigenvalue weighted by molar-refractivity contribution is 0.0664. The van der Waals surface area contributed by atoms with Gasteiger partial charge in [-0.05, 0) is 35.4 Å². The number of amides is 1. The molecular formula is C32H29N3O4. The van der Waals surface area contributed by atoms with Crippen molar-refractivity contribution in [1.82, 2.24) is 9.58 Å². The highest BCUT2D eigenvalue weighted by atomic mass is 16.5. The smallest absolute Gasteiger partial charge is 0.277 e. The van der Waals surface area contributed by atoms with E-state index >= 15 is 0 Å². The number of nitrogens with zero attached hydrogens (tertiary/aromatic N) is 3. The number of hydrogen-bond donors (Lipinski definition) is 0. The van der Waals surface area contributed by atoms with Gasteiger partial charge >= 0.3 is 0 Å². The van der Waals surface area contributed by atoms with Crippen LogP contribution >= 0.6 is 0 Å². The molecule has 3 atom stereocenters. The van der Waals surface area contributed by atoms with Crippen molar-refractivity contribution < 1.29 is 14.3 Å². The number of rotatable bonds is 4. The second-order valence-electron chi connectivity index (χ2n) is 10.5. The molecule has 3 heterocycles. The fourth-order valence-corrected chi connectivity index (χ4v) is 5.79. The third-order valence-corrected chi connectivity index (χ3v) is 7.95. The number of carbonyl (C=O) groups excluding carboxylic acids is 1. The van der Waals surface area contributed by atoms with Gasteiger partial charge in [-0.3, -0.25) is 19.3 Å². The molecule has 2 bridgehead atoms. The Morgan fingerprint density at radius 1 is 0.846 bits per heavy atom. The van der Waals surface area contributed by atoms with E-state index in [9.17, 15) is 9.59 Å². The van der Waals surface area contributed by atoms with Crippen LogP contribution in [-0.4, -0.2) is 35.3 Å². The third-order valence-electron chi connectivity index (χ3n) is 7.95. The zero-order valence-electron chi connectivity index (χ0n) is 21.5. The molecule has 3 aliphatic rings. The molecule has 1 saturated carbocycles. The van der Waals surface area contributed by atoms with Crippen molar-refractivity contribution in [2.45, 2.75) is 19.1 Å². The average molecular weight is 520 g/mol. The summed E-state index contributed by atoms with van der Waals surface area (Å²) in [5.74, 6) is 1.51. The molecule has 1 amide bonds. The van der Waals surface area contributed by atoms with E-state index in [1.807, 2.05) is 76.3 Å². The molecule has 196 valence electrons. The van der Waals surface area contributed by atoms with Gasteiger partial charge in [0.2, 0.25) is 5.43 Å². The molecule has 7 nitrogen and oxygen atoms in total. The van der Waals surface area contributed by atoms with Crippen LogP contribution < -0.4 is 19.9 Å². The Kier molecular flexibility index (Phi) is 5.84. The highest BCUT2D eigenvalue weighted by molar-refractivity contribution is 5.96. The summed E-state index contributed by atoms with van der Waals surface area (Å²) in [7, 11) is 0. The van der Waals surface area contributed by atoms with Crippen LogP contribution in [0.2, 0.25) is 0 Å². The maximum Gasteiger partial charge on any atom is 0.277 e. The molecular weight excluding hydrogens is 490 g/mol. The van der Waals surface area contributed by atoms with Crippen molar-refractivity contribution in [1.29, 1.82) is 0 Å². The van der Waals surface area contributed by atoms with Crippen LogP contribution in [0.5, 0.6) is 11.5 Å². The van der Waals surface area contributed by atoms with E-state index in [4.69, 9.17) is 9.47 Å². The number of ether oxygens (including phenoxy) is 2. The number of benzene rings is 3. The average Bonchev–Trinajstić information content (AvgIpc) is 3.72. The number of aromatic nitrogens is 1. The first-order chi connectivity index (χ1) is 19.2. The predicted octanol–water partition coefficient (Wildman–Crippen LogP) is 4.60. The van der Waals surface area contributed by atoms with Gasteiger partial charge < -0.3 is 14.4 Å². The maximum atomic E-state index is 14.0. The quantitative estimate of drug-likeness (QED) is 0.395. The molecule has 0 N–H and O–H groups in total. The Labute approximate surface area is 226 Å². The molecule has 0 radical (unpaired) electrons. The third kappa shape index (κ3) is 4.34. The molecule has 0 spiro atoms.